The molecule has 0 aromatic carbocycles. The van der Waals surface area contributed by atoms with E-state index in [1.165, 1.54) is 0 Å². The highest BCUT2D eigenvalue weighted by Gasteiger charge is 2.63. The van der Waals surface area contributed by atoms with E-state index in [4.69, 9.17) is 35.9 Å². The Morgan fingerprint density at radius 1 is 0.917 bits per heavy atom. The molecule has 5 aliphatic heterocycles. The summed E-state index contributed by atoms with van der Waals surface area (Å²) in [4.78, 5) is 26.7. The highest BCUT2D eigenvalue weighted by Crippen LogP contribution is 2.54. The summed E-state index contributed by atoms with van der Waals surface area (Å²) in [7, 11) is 0. The van der Waals surface area contributed by atoms with Crippen molar-refractivity contribution in [3.05, 3.63) is 12.2 Å². The van der Waals surface area contributed by atoms with Crippen LogP contribution in [0.25, 0.3) is 0 Å². The van der Waals surface area contributed by atoms with Crippen LogP contribution in [0.3, 0.4) is 0 Å². The second kappa shape index (κ2) is 20.0. The SMILES string of the molecule is CCCCNC(=S)N[C@@H]1C=C[C@]2(O[C@H](C(CC)C(=O)[C@@H](C)[C@@H](O)[C@H](C)[C@@H]3O[C@@H]([C@@H](CC)C(=O)O)CC[C@@H]3C)[C@@H](C)C[C@H]2C)O[C@@]12CC[C@@](C)([C@H]1CC[C@](O)(CC)[C@H](C)O1)O2. The van der Waals surface area contributed by atoms with Crippen molar-refractivity contribution in [2.75, 3.05) is 6.54 Å². The van der Waals surface area contributed by atoms with Gasteiger partial charge in [0, 0.05) is 36.6 Å². The number of rotatable bonds is 16. The molecule has 0 aromatic heterocycles. The van der Waals surface area contributed by atoms with Gasteiger partial charge in [-0.2, -0.15) is 0 Å². The summed E-state index contributed by atoms with van der Waals surface area (Å²) in [5.74, 6) is -5.48. The summed E-state index contributed by atoms with van der Waals surface area (Å²) in [5.41, 5.74) is -1.59. The van der Waals surface area contributed by atoms with Crippen molar-refractivity contribution in [2.24, 2.45) is 41.4 Å². The Kier molecular flexibility index (Phi) is 16.4. The molecule has 5 aliphatic rings. The van der Waals surface area contributed by atoms with Crippen LogP contribution in [0.15, 0.2) is 12.2 Å². The van der Waals surface area contributed by atoms with Gasteiger partial charge < -0.3 is 49.6 Å². The minimum absolute atomic E-state index is 0.0223. The van der Waals surface area contributed by atoms with Crippen molar-refractivity contribution >= 4 is 29.1 Å². The Morgan fingerprint density at radius 3 is 2.23 bits per heavy atom. The Bertz CT molecular complexity index is 1520. The van der Waals surface area contributed by atoms with Crippen LogP contribution >= 0.6 is 12.2 Å². The minimum atomic E-state index is -1.20. The average molecular weight is 865 g/mol. The number of aliphatic hydroxyl groups excluding tert-OH is 1. The molecule has 1 unspecified atom stereocenters. The second-order valence-electron chi connectivity index (χ2n) is 19.7. The summed E-state index contributed by atoms with van der Waals surface area (Å²) in [5, 5.41) is 40.3. The quantitative estimate of drug-likeness (QED) is 0.0591. The second-order valence-corrected chi connectivity index (χ2v) is 20.1. The first-order valence-corrected chi connectivity index (χ1v) is 23.9. The smallest absolute Gasteiger partial charge is 0.309 e. The Balaban J connectivity index is 1.38. The molecule has 0 aliphatic carbocycles. The third-order valence-electron chi connectivity index (χ3n) is 15.6. The molecule has 5 rings (SSSR count). The van der Waals surface area contributed by atoms with Gasteiger partial charge >= 0.3 is 5.97 Å². The lowest BCUT2D eigenvalue weighted by molar-refractivity contribution is -0.397. The standard InChI is InChI=1S/C47H80N2O10S/c1-12-16-25-48-43(60)49-36-19-22-46(59-47(36)24-23-44(11,58-47)37-20-21-45(54,15-4)32(10)55-37)29(7)26-28(6)41(57-46)34(14-3)39(51)30(8)38(50)31(9)40-27(5)17-18-35(56-40)33(13-2)42(52)53/h19,22,27-38,40-41,50,54H,12-18,20-21,23-26H2,1-11H3,(H,52,53)(H2,48,49,60)/t27-,28-,29+,30-,31-,32-,33+,34?,35+,36+,37+,38+,40+,41-,44-,45+,46-,47-/m0/s1. The van der Waals surface area contributed by atoms with E-state index in [1.54, 1.807) is 6.92 Å². The van der Waals surface area contributed by atoms with E-state index >= 15 is 0 Å². The van der Waals surface area contributed by atoms with Crippen LogP contribution < -0.4 is 10.6 Å². The summed E-state index contributed by atoms with van der Waals surface area (Å²) in [6.07, 6.45) is 9.46. The molecule has 2 spiro atoms. The molecule has 5 N–H and O–H groups in total. The van der Waals surface area contributed by atoms with Crippen LogP contribution in [0.4, 0.5) is 0 Å². The Hall–Kier alpha value is -1.71. The number of hydrogen-bond donors (Lipinski definition) is 5. The van der Waals surface area contributed by atoms with Crippen molar-refractivity contribution in [1.82, 2.24) is 10.6 Å². The van der Waals surface area contributed by atoms with E-state index in [9.17, 15) is 24.9 Å². The van der Waals surface area contributed by atoms with Gasteiger partial charge in [-0.25, -0.2) is 0 Å². The number of aliphatic hydroxyl groups is 2. The van der Waals surface area contributed by atoms with E-state index in [1.807, 2.05) is 40.7 Å². The van der Waals surface area contributed by atoms with Crippen molar-refractivity contribution in [1.29, 1.82) is 0 Å². The monoisotopic (exact) mass is 865 g/mol. The first-order valence-electron chi connectivity index (χ1n) is 23.5. The maximum absolute atomic E-state index is 14.7. The highest BCUT2D eigenvalue weighted by atomic mass is 32.1. The number of ketones is 1. The van der Waals surface area contributed by atoms with Gasteiger partial charge in [-0.05, 0) is 108 Å². The molecular formula is C47H80N2O10S. The first-order chi connectivity index (χ1) is 28.2. The van der Waals surface area contributed by atoms with Crippen LogP contribution in [-0.4, -0.2) is 104 Å². The largest absolute Gasteiger partial charge is 0.481 e. The van der Waals surface area contributed by atoms with E-state index in [0.29, 0.717) is 56.5 Å². The minimum Gasteiger partial charge on any atom is -0.481 e. The number of hydrogen-bond acceptors (Lipinski definition) is 10. The van der Waals surface area contributed by atoms with Crippen LogP contribution in [0.1, 0.15) is 153 Å². The fourth-order valence-electron chi connectivity index (χ4n) is 11.2. The van der Waals surface area contributed by atoms with Crippen LogP contribution in [0, 0.1) is 41.4 Å². The number of nitrogens with one attached hydrogen (secondary N) is 2. The van der Waals surface area contributed by atoms with Crippen molar-refractivity contribution in [3.63, 3.8) is 0 Å². The van der Waals surface area contributed by atoms with Crippen LogP contribution in [0.5, 0.6) is 0 Å². The molecule has 4 fully saturated rings. The molecule has 0 amide bonds. The van der Waals surface area contributed by atoms with Crippen LogP contribution in [0.2, 0.25) is 0 Å². The molecule has 344 valence electrons. The van der Waals surface area contributed by atoms with Gasteiger partial charge in [0.25, 0.3) is 0 Å². The number of unbranched alkanes of at least 4 members (excludes halogenated alkanes) is 1. The average Bonchev–Trinajstić information content (AvgIpc) is 3.55. The van der Waals surface area contributed by atoms with Gasteiger partial charge in [0.05, 0.1) is 53.7 Å². The van der Waals surface area contributed by atoms with E-state index in [-0.39, 0.29) is 41.8 Å². The van der Waals surface area contributed by atoms with E-state index in [2.05, 4.69) is 51.3 Å². The van der Waals surface area contributed by atoms with Gasteiger partial charge in [-0.1, -0.05) is 74.8 Å². The molecule has 12 nitrogen and oxygen atoms in total. The lowest BCUT2D eigenvalue weighted by atomic mass is 9.72. The van der Waals surface area contributed by atoms with E-state index in [0.717, 1.165) is 32.2 Å². The fourth-order valence-corrected chi connectivity index (χ4v) is 11.5. The molecule has 0 saturated carbocycles. The van der Waals surface area contributed by atoms with Gasteiger partial charge in [0.15, 0.2) is 16.7 Å². The van der Waals surface area contributed by atoms with E-state index < -0.39 is 76.8 Å². The molecule has 0 radical (unpaired) electrons. The molecule has 5 heterocycles. The molecule has 0 bridgehead atoms. The predicted molar refractivity (Wildman–Crippen MR) is 235 cm³/mol. The number of carboxylic acid groups (broad SMARTS) is 1. The summed E-state index contributed by atoms with van der Waals surface area (Å²) >= 11 is 5.79. The number of thiocarbonyl (C=S) groups is 1. The third kappa shape index (κ3) is 9.98. The zero-order chi connectivity index (χ0) is 44.4. The Labute approximate surface area is 366 Å². The van der Waals surface area contributed by atoms with Gasteiger partial charge in [-0.15, -0.1) is 0 Å². The Morgan fingerprint density at radius 2 is 1.62 bits per heavy atom. The normalized spacial score (nSPS) is 42.0. The maximum Gasteiger partial charge on any atom is 0.309 e. The molecule has 4 saturated heterocycles. The van der Waals surface area contributed by atoms with Crippen molar-refractivity contribution in [2.45, 2.75) is 219 Å². The number of aliphatic carboxylic acids is 1. The molecule has 13 heteroatoms. The lowest BCUT2D eigenvalue weighted by Gasteiger charge is -2.55. The van der Waals surface area contributed by atoms with Gasteiger partial charge in [0.2, 0.25) is 0 Å². The molecule has 0 aromatic rings. The molecule has 18 atom stereocenters. The zero-order valence-electron chi connectivity index (χ0n) is 38.5. The number of carboxylic acids is 1. The third-order valence-corrected chi connectivity index (χ3v) is 15.8. The highest BCUT2D eigenvalue weighted by molar-refractivity contribution is 7.80. The van der Waals surface area contributed by atoms with Crippen LogP contribution in [-0.2, 0) is 33.3 Å². The first kappa shape index (κ1) is 49.3. The topological polar surface area (TPSA) is 165 Å². The van der Waals surface area contributed by atoms with Crippen molar-refractivity contribution in [3.8, 4) is 0 Å². The summed E-state index contributed by atoms with van der Waals surface area (Å²) in [6, 6.07) is -0.443. The summed E-state index contributed by atoms with van der Waals surface area (Å²) < 4.78 is 34.8. The fraction of sp³-hybridized carbons (Fsp3) is 0.894. The zero-order valence-corrected chi connectivity index (χ0v) is 39.4. The van der Waals surface area contributed by atoms with Gasteiger partial charge in [0.1, 0.15) is 11.8 Å². The predicted octanol–water partition coefficient (Wildman–Crippen LogP) is 7.46. The molecule has 60 heavy (non-hydrogen) atoms. The number of Topliss-reactive ketones (excluding diaryl/α,β-unsaturated/α-hetero) is 1. The number of carbonyl (C=O) groups is 2. The molecular weight excluding hydrogens is 785 g/mol. The number of carbonyl (C=O) groups excluding carboxylic acids is 1. The lowest BCUT2D eigenvalue weighted by Crippen LogP contribution is -2.66. The maximum atomic E-state index is 14.7. The summed E-state index contributed by atoms with van der Waals surface area (Å²) in [6.45, 7) is 22.8. The van der Waals surface area contributed by atoms with Crippen molar-refractivity contribution < 1.29 is 48.6 Å². The van der Waals surface area contributed by atoms with Gasteiger partial charge in [-0.3, -0.25) is 9.59 Å². The number of ether oxygens (including phenoxy) is 5.